The molecular formula is C12H18Cl2N2O. The van der Waals surface area contributed by atoms with Crippen LogP contribution in [0.3, 0.4) is 0 Å². The second-order valence-electron chi connectivity index (χ2n) is 4.52. The number of fused-ring (bicyclic) bond motifs is 2. The molecule has 1 aromatic rings. The summed E-state index contributed by atoms with van der Waals surface area (Å²) in [6.07, 6.45) is 7.03. The maximum atomic E-state index is 5.88. The van der Waals surface area contributed by atoms with E-state index in [1.807, 2.05) is 18.2 Å². The van der Waals surface area contributed by atoms with Gasteiger partial charge >= 0.3 is 0 Å². The van der Waals surface area contributed by atoms with Crippen molar-refractivity contribution in [2.75, 3.05) is 0 Å². The molecule has 2 fully saturated rings. The Morgan fingerprint density at radius 2 is 1.82 bits per heavy atom. The number of hydrogen-bond acceptors (Lipinski definition) is 3. The van der Waals surface area contributed by atoms with E-state index in [2.05, 4.69) is 10.3 Å². The number of piperidine rings is 1. The Labute approximate surface area is 114 Å². The molecule has 2 aliphatic heterocycles. The van der Waals surface area contributed by atoms with E-state index in [0.717, 1.165) is 18.7 Å². The van der Waals surface area contributed by atoms with Crippen molar-refractivity contribution in [2.45, 2.75) is 43.9 Å². The van der Waals surface area contributed by atoms with Crippen molar-refractivity contribution in [3.05, 3.63) is 24.4 Å². The lowest BCUT2D eigenvalue weighted by molar-refractivity contribution is 0.132. The number of ether oxygens (including phenoxy) is 1. The molecule has 2 saturated heterocycles. The van der Waals surface area contributed by atoms with Crippen LogP contribution < -0.4 is 10.1 Å². The molecule has 0 aromatic carbocycles. The van der Waals surface area contributed by atoms with Crippen LogP contribution in [0, 0.1) is 0 Å². The van der Waals surface area contributed by atoms with Gasteiger partial charge in [-0.25, -0.2) is 4.98 Å². The van der Waals surface area contributed by atoms with Crippen LogP contribution >= 0.6 is 24.8 Å². The Morgan fingerprint density at radius 3 is 2.41 bits per heavy atom. The highest BCUT2D eigenvalue weighted by Gasteiger charge is 2.34. The molecule has 3 nitrogen and oxygen atoms in total. The Balaban J connectivity index is 0.000000722. The van der Waals surface area contributed by atoms with Gasteiger partial charge in [-0.1, -0.05) is 6.07 Å². The van der Waals surface area contributed by atoms with Gasteiger partial charge in [0.2, 0.25) is 5.88 Å². The van der Waals surface area contributed by atoms with E-state index in [0.29, 0.717) is 18.2 Å². The van der Waals surface area contributed by atoms with Crippen molar-refractivity contribution in [3.63, 3.8) is 0 Å². The minimum atomic E-state index is 0. The molecule has 2 bridgehead atoms. The Kier molecular flexibility index (Phi) is 5.50. The van der Waals surface area contributed by atoms with E-state index >= 15 is 0 Å². The van der Waals surface area contributed by atoms with Gasteiger partial charge in [-0.15, -0.1) is 24.8 Å². The molecule has 0 saturated carbocycles. The van der Waals surface area contributed by atoms with Crippen LogP contribution in [0.25, 0.3) is 0 Å². The van der Waals surface area contributed by atoms with Crippen molar-refractivity contribution in [2.24, 2.45) is 0 Å². The molecule has 0 radical (unpaired) electrons. The lowest BCUT2D eigenvalue weighted by atomic mass is 10.0. The third-order valence-corrected chi connectivity index (χ3v) is 3.35. The van der Waals surface area contributed by atoms with Gasteiger partial charge in [0, 0.05) is 24.3 Å². The van der Waals surface area contributed by atoms with Gasteiger partial charge in [0.25, 0.3) is 0 Å². The van der Waals surface area contributed by atoms with E-state index in [9.17, 15) is 0 Å². The molecule has 3 heterocycles. The molecule has 5 heteroatoms. The van der Waals surface area contributed by atoms with Gasteiger partial charge in [0.05, 0.1) is 0 Å². The summed E-state index contributed by atoms with van der Waals surface area (Å²) in [5.41, 5.74) is 0. The third-order valence-electron chi connectivity index (χ3n) is 3.35. The molecule has 0 spiro atoms. The van der Waals surface area contributed by atoms with Crippen LogP contribution in [-0.2, 0) is 0 Å². The zero-order chi connectivity index (χ0) is 10.1. The fourth-order valence-electron chi connectivity index (χ4n) is 2.69. The lowest BCUT2D eigenvalue weighted by Gasteiger charge is -2.29. The zero-order valence-corrected chi connectivity index (χ0v) is 11.2. The fourth-order valence-corrected chi connectivity index (χ4v) is 2.69. The Bertz CT molecular complexity index is 325. The Morgan fingerprint density at radius 1 is 1.12 bits per heavy atom. The number of nitrogens with zero attached hydrogens (tertiary/aromatic N) is 1. The van der Waals surface area contributed by atoms with Gasteiger partial charge < -0.3 is 10.1 Å². The van der Waals surface area contributed by atoms with Gasteiger partial charge in [0.15, 0.2) is 0 Å². The first kappa shape index (κ1) is 14.6. The molecule has 1 unspecified atom stereocenters. The number of halogens is 2. The maximum absolute atomic E-state index is 5.88. The first-order chi connectivity index (χ1) is 7.40. The van der Waals surface area contributed by atoms with Crippen molar-refractivity contribution in [1.29, 1.82) is 0 Å². The first-order valence-electron chi connectivity index (χ1n) is 5.74. The van der Waals surface area contributed by atoms with E-state index in [4.69, 9.17) is 4.74 Å². The van der Waals surface area contributed by atoms with Gasteiger partial charge in [-0.05, 0) is 31.7 Å². The molecule has 1 aromatic heterocycles. The van der Waals surface area contributed by atoms with E-state index < -0.39 is 0 Å². The van der Waals surface area contributed by atoms with Gasteiger partial charge in [-0.3, -0.25) is 0 Å². The molecule has 1 N–H and O–H groups in total. The molecule has 0 amide bonds. The highest BCUT2D eigenvalue weighted by molar-refractivity contribution is 5.85. The number of rotatable bonds is 2. The number of hydrogen-bond donors (Lipinski definition) is 1. The van der Waals surface area contributed by atoms with Crippen LogP contribution in [0.4, 0.5) is 0 Å². The van der Waals surface area contributed by atoms with E-state index in [1.54, 1.807) is 6.20 Å². The number of pyridine rings is 1. The molecule has 17 heavy (non-hydrogen) atoms. The smallest absolute Gasteiger partial charge is 0.213 e. The van der Waals surface area contributed by atoms with Gasteiger partial charge in [-0.2, -0.15) is 0 Å². The topological polar surface area (TPSA) is 34.1 Å². The average molecular weight is 277 g/mol. The summed E-state index contributed by atoms with van der Waals surface area (Å²) in [4.78, 5) is 4.20. The summed E-state index contributed by atoms with van der Waals surface area (Å²) in [7, 11) is 0. The second-order valence-corrected chi connectivity index (χ2v) is 4.52. The van der Waals surface area contributed by atoms with Crippen molar-refractivity contribution < 1.29 is 4.74 Å². The van der Waals surface area contributed by atoms with Gasteiger partial charge in [0.1, 0.15) is 6.10 Å². The number of nitrogens with one attached hydrogen (secondary N) is 1. The summed E-state index contributed by atoms with van der Waals surface area (Å²) in [6, 6.07) is 7.18. The molecule has 3 atom stereocenters. The van der Waals surface area contributed by atoms with Crippen molar-refractivity contribution in [3.8, 4) is 5.88 Å². The summed E-state index contributed by atoms with van der Waals surface area (Å²) in [5, 5.41) is 3.61. The second kappa shape index (κ2) is 6.43. The molecule has 0 aliphatic carbocycles. The Hall–Kier alpha value is -0.510. The molecule has 2 aliphatic rings. The average Bonchev–Trinajstić information content (AvgIpc) is 2.60. The minimum Gasteiger partial charge on any atom is -0.474 e. The quantitative estimate of drug-likeness (QED) is 0.902. The standard InChI is InChI=1S/C12H16N2O.2ClH/c1-2-6-13-12(3-1)15-11-7-9-4-5-10(8-11)14-9;;/h1-3,6,9-11,14H,4-5,7-8H2;2*1H/t9-,10+,11?;;. The van der Waals surface area contributed by atoms with Crippen LogP contribution in [-0.4, -0.2) is 23.2 Å². The fraction of sp³-hybridized carbons (Fsp3) is 0.583. The van der Waals surface area contributed by atoms with Crippen LogP contribution in [0.15, 0.2) is 24.4 Å². The molecule has 96 valence electrons. The summed E-state index contributed by atoms with van der Waals surface area (Å²) >= 11 is 0. The molecule has 3 rings (SSSR count). The first-order valence-corrected chi connectivity index (χ1v) is 5.74. The largest absolute Gasteiger partial charge is 0.474 e. The highest BCUT2D eigenvalue weighted by Crippen LogP contribution is 2.28. The van der Waals surface area contributed by atoms with E-state index in [1.165, 1.54) is 12.8 Å². The third kappa shape index (κ3) is 3.47. The normalized spacial score (nSPS) is 30.0. The number of aromatic nitrogens is 1. The van der Waals surface area contributed by atoms with Crippen LogP contribution in [0.2, 0.25) is 0 Å². The van der Waals surface area contributed by atoms with Crippen molar-refractivity contribution in [1.82, 2.24) is 10.3 Å². The minimum absolute atomic E-state index is 0. The van der Waals surface area contributed by atoms with E-state index in [-0.39, 0.29) is 24.8 Å². The highest BCUT2D eigenvalue weighted by atomic mass is 35.5. The maximum Gasteiger partial charge on any atom is 0.213 e. The predicted molar refractivity (Wildman–Crippen MR) is 72.3 cm³/mol. The van der Waals surface area contributed by atoms with Crippen LogP contribution in [0.1, 0.15) is 25.7 Å². The SMILES string of the molecule is Cl.Cl.c1ccc(OC2C[C@H]3CC[C@@H](C2)N3)nc1. The molecular weight excluding hydrogens is 259 g/mol. The summed E-state index contributed by atoms with van der Waals surface area (Å²) in [6.45, 7) is 0. The van der Waals surface area contributed by atoms with Crippen molar-refractivity contribution >= 4 is 24.8 Å². The predicted octanol–water partition coefficient (Wildman–Crippen LogP) is 2.59. The summed E-state index contributed by atoms with van der Waals surface area (Å²) < 4.78 is 5.88. The summed E-state index contributed by atoms with van der Waals surface area (Å²) in [5.74, 6) is 0.767. The van der Waals surface area contributed by atoms with Crippen LogP contribution in [0.5, 0.6) is 5.88 Å². The zero-order valence-electron chi connectivity index (χ0n) is 9.54. The monoisotopic (exact) mass is 276 g/mol. The lowest BCUT2D eigenvalue weighted by Crippen LogP contribution is -2.42.